The molecule has 1 aliphatic heterocycles. The normalized spacial score (nSPS) is 15.1. The summed E-state index contributed by atoms with van der Waals surface area (Å²) in [5, 5.41) is 9.60. The number of benzene rings is 3. The summed E-state index contributed by atoms with van der Waals surface area (Å²) in [5.41, 5.74) is 3.53. The summed E-state index contributed by atoms with van der Waals surface area (Å²) in [6.45, 7) is 5.54. The number of furan rings is 1. The van der Waals surface area contributed by atoms with Gasteiger partial charge in [0.25, 0.3) is 11.8 Å². The van der Waals surface area contributed by atoms with Crippen molar-refractivity contribution in [2.24, 2.45) is 5.92 Å². The highest BCUT2D eigenvalue weighted by Crippen LogP contribution is 2.37. The average Bonchev–Trinajstić information content (AvgIpc) is 3.59. The molecule has 0 saturated carbocycles. The van der Waals surface area contributed by atoms with E-state index >= 15 is 0 Å². The molecule has 39 heavy (non-hydrogen) atoms. The number of nitrogens with one attached hydrogen (secondary N) is 3. The van der Waals surface area contributed by atoms with E-state index in [1.54, 1.807) is 31.3 Å². The first kappa shape index (κ1) is 26.4. The lowest BCUT2D eigenvalue weighted by Crippen LogP contribution is -2.28. The fourth-order valence-electron chi connectivity index (χ4n) is 4.71. The monoisotopic (exact) mass is 529 g/mol. The van der Waals surface area contributed by atoms with Gasteiger partial charge in [0, 0.05) is 30.1 Å². The van der Waals surface area contributed by atoms with Crippen molar-refractivity contribution in [3.63, 3.8) is 0 Å². The van der Waals surface area contributed by atoms with Gasteiger partial charge in [-0.15, -0.1) is 0 Å². The molecule has 3 N–H and O–H groups in total. The zero-order valence-electron chi connectivity index (χ0n) is 22.3. The van der Waals surface area contributed by atoms with Crippen molar-refractivity contribution in [2.75, 3.05) is 20.1 Å². The van der Waals surface area contributed by atoms with Gasteiger partial charge in [0.15, 0.2) is 0 Å². The highest BCUT2D eigenvalue weighted by atomic mass is 19.1. The molecule has 1 fully saturated rings. The van der Waals surface area contributed by atoms with Crippen LogP contribution in [0.25, 0.3) is 33.4 Å². The largest absolute Gasteiger partial charge is 0.475 e. The maximum atomic E-state index is 13.6. The Labute approximate surface area is 226 Å². The second-order valence-electron chi connectivity index (χ2n) is 10.2. The summed E-state index contributed by atoms with van der Waals surface area (Å²) in [6, 6.07) is 16.9. The van der Waals surface area contributed by atoms with Crippen LogP contribution in [0.4, 0.5) is 4.39 Å². The van der Waals surface area contributed by atoms with Crippen LogP contribution in [0.15, 0.2) is 65.1 Å². The number of hydrogen-bond acceptors (Lipinski definition) is 5. The van der Waals surface area contributed by atoms with Crippen LogP contribution in [-0.4, -0.2) is 38.2 Å². The van der Waals surface area contributed by atoms with Gasteiger partial charge in [-0.2, -0.15) is 0 Å². The van der Waals surface area contributed by atoms with Crippen LogP contribution in [0.5, 0.6) is 5.75 Å². The topological polar surface area (TPSA) is 92.6 Å². The Morgan fingerprint density at radius 3 is 2.49 bits per heavy atom. The molecule has 8 heteroatoms. The van der Waals surface area contributed by atoms with Crippen molar-refractivity contribution in [1.82, 2.24) is 16.0 Å². The predicted molar refractivity (Wildman–Crippen MR) is 149 cm³/mol. The molecule has 2 amide bonds. The third-order valence-corrected chi connectivity index (χ3v) is 6.71. The lowest BCUT2D eigenvalue weighted by atomic mass is 9.98. The zero-order chi connectivity index (χ0) is 27.5. The van der Waals surface area contributed by atoms with E-state index in [-0.39, 0.29) is 23.9 Å². The van der Waals surface area contributed by atoms with Crippen LogP contribution in [0, 0.1) is 11.7 Å². The highest BCUT2D eigenvalue weighted by molar-refractivity contribution is 6.12. The standard InChI is InChI=1S/C31H32FN3O4/c1-18(2)17-35-30(36)22-13-21(14-24(15-22)38-27-5-4-12-34-27)20-8-11-26-25(16-20)28(31(37)33-3)29(39-26)19-6-9-23(32)10-7-19/h6-11,13-16,18,27,34H,4-5,12,17H2,1-3H3,(H,33,37)(H,35,36). The Kier molecular flexibility index (Phi) is 7.65. The minimum atomic E-state index is -0.373. The zero-order valence-corrected chi connectivity index (χ0v) is 22.3. The van der Waals surface area contributed by atoms with E-state index in [1.807, 2.05) is 38.1 Å². The van der Waals surface area contributed by atoms with Gasteiger partial charge in [-0.05, 0) is 91.0 Å². The number of hydrogen-bond donors (Lipinski definition) is 3. The first-order valence-corrected chi connectivity index (χ1v) is 13.2. The smallest absolute Gasteiger partial charge is 0.255 e. The van der Waals surface area contributed by atoms with Gasteiger partial charge in [-0.1, -0.05) is 19.9 Å². The van der Waals surface area contributed by atoms with Crippen LogP contribution in [-0.2, 0) is 0 Å². The molecule has 1 aliphatic rings. The molecule has 202 valence electrons. The Balaban J connectivity index is 1.60. The van der Waals surface area contributed by atoms with Crippen LogP contribution < -0.4 is 20.7 Å². The molecule has 7 nitrogen and oxygen atoms in total. The molecule has 0 spiro atoms. The first-order chi connectivity index (χ1) is 18.8. The van der Waals surface area contributed by atoms with Crippen molar-refractivity contribution >= 4 is 22.8 Å². The van der Waals surface area contributed by atoms with Gasteiger partial charge in [0.1, 0.15) is 29.1 Å². The molecule has 4 aromatic rings. The first-order valence-electron chi connectivity index (χ1n) is 13.2. The van der Waals surface area contributed by atoms with E-state index in [9.17, 15) is 14.0 Å². The van der Waals surface area contributed by atoms with Crippen LogP contribution in [0.2, 0.25) is 0 Å². The van der Waals surface area contributed by atoms with Crippen LogP contribution in [0.1, 0.15) is 47.4 Å². The summed E-state index contributed by atoms with van der Waals surface area (Å²) >= 11 is 0. The minimum absolute atomic E-state index is 0.110. The molecular formula is C31H32FN3O4. The molecule has 0 aliphatic carbocycles. The molecule has 2 heterocycles. The fraction of sp³-hybridized carbons (Fsp3) is 0.290. The maximum absolute atomic E-state index is 13.6. The SMILES string of the molecule is CNC(=O)c1c(-c2ccc(F)cc2)oc2ccc(-c3cc(OC4CCCN4)cc(C(=O)NCC(C)C)c3)cc12. The Hall–Kier alpha value is -4.17. The summed E-state index contributed by atoms with van der Waals surface area (Å²) in [6.07, 6.45) is 1.81. The van der Waals surface area contributed by atoms with Crippen molar-refractivity contribution in [2.45, 2.75) is 32.9 Å². The van der Waals surface area contributed by atoms with Crippen molar-refractivity contribution < 1.29 is 23.1 Å². The summed E-state index contributed by atoms with van der Waals surface area (Å²) in [7, 11) is 1.55. The third-order valence-electron chi connectivity index (χ3n) is 6.71. The van der Waals surface area contributed by atoms with E-state index in [1.165, 1.54) is 12.1 Å². The number of amides is 2. The maximum Gasteiger partial charge on any atom is 0.255 e. The lowest BCUT2D eigenvalue weighted by Gasteiger charge is -2.16. The molecule has 0 bridgehead atoms. The average molecular weight is 530 g/mol. The second kappa shape index (κ2) is 11.3. The molecule has 1 saturated heterocycles. The molecule has 1 unspecified atom stereocenters. The van der Waals surface area contributed by atoms with Crippen LogP contribution >= 0.6 is 0 Å². The van der Waals surface area contributed by atoms with Gasteiger partial charge in [0.2, 0.25) is 0 Å². The predicted octanol–water partition coefficient (Wildman–Crippen LogP) is 5.74. The van der Waals surface area contributed by atoms with Crippen molar-refractivity contribution in [3.8, 4) is 28.2 Å². The highest BCUT2D eigenvalue weighted by Gasteiger charge is 2.23. The van der Waals surface area contributed by atoms with Crippen molar-refractivity contribution in [1.29, 1.82) is 0 Å². The Morgan fingerprint density at radius 2 is 1.79 bits per heavy atom. The van der Waals surface area contributed by atoms with Crippen molar-refractivity contribution in [3.05, 3.63) is 77.6 Å². The van der Waals surface area contributed by atoms with Gasteiger partial charge >= 0.3 is 0 Å². The van der Waals surface area contributed by atoms with Gasteiger partial charge in [-0.25, -0.2) is 4.39 Å². The molecule has 1 aromatic heterocycles. The van der Waals surface area contributed by atoms with E-state index in [2.05, 4.69) is 16.0 Å². The number of fused-ring (bicyclic) bond motifs is 1. The molecule has 0 radical (unpaired) electrons. The summed E-state index contributed by atoms with van der Waals surface area (Å²) in [4.78, 5) is 26.0. The number of rotatable bonds is 8. The Morgan fingerprint density at radius 1 is 1.03 bits per heavy atom. The quantitative estimate of drug-likeness (QED) is 0.271. The van der Waals surface area contributed by atoms with Crippen LogP contribution in [0.3, 0.4) is 0 Å². The van der Waals surface area contributed by atoms with E-state index < -0.39 is 0 Å². The number of carbonyl (C=O) groups is 2. The van der Waals surface area contributed by atoms with Gasteiger partial charge in [-0.3, -0.25) is 14.9 Å². The van der Waals surface area contributed by atoms with E-state index in [4.69, 9.17) is 9.15 Å². The molecule has 5 rings (SSSR count). The van der Waals surface area contributed by atoms with E-state index in [0.29, 0.717) is 51.6 Å². The number of carbonyl (C=O) groups excluding carboxylic acids is 2. The lowest BCUT2D eigenvalue weighted by molar-refractivity contribution is 0.0945. The fourth-order valence-corrected chi connectivity index (χ4v) is 4.71. The second-order valence-corrected chi connectivity index (χ2v) is 10.2. The van der Waals surface area contributed by atoms with Gasteiger partial charge in [0.05, 0.1) is 5.56 Å². The summed E-state index contributed by atoms with van der Waals surface area (Å²) in [5.74, 6) is 0.401. The molecule has 3 aromatic carbocycles. The van der Waals surface area contributed by atoms with Gasteiger partial charge < -0.3 is 19.8 Å². The number of ether oxygens (including phenoxy) is 1. The van der Waals surface area contributed by atoms with E-state index in [0.717, 1.165) is 30.5 Å². The summed E-state index contributed by atoms with van der Waals surface area (Å²) < 4.78 is 25.8. The number of halogens is 1. The minimum Gasteiger partial charge on any atom is -0.475 e. The third kappa shape index (κ3) is 5.81. The Bertz CT molecular complexity index is 1500. The molecule has 1 atom stereocenters. The molecular weight excluding hydrogens is 497 g/mol.